The van der Waals surface area contributed by atoms with Crippen LogP contribution in [0, 0.1) is 5.92 Å². The Kier molecular flexibility index (Phi) is 3.24. The van der Waals surface area contributed by atoms with E-state index in [4.69, 9.17) is 9.47 Å². The number of rotatable bonds is 1. The van der Waals surface area contributed by atoms with Crippen LogP contribution in [0.1, 0.15) is 47.0 Å². The maximum absolute atomic E-state index is 12.3. The summed E-state index contributed by atoms with van der Waals surface area (Å²) in [5.74, 6) is 0.643. The minimum Gasteiger partial charge on any atom is -0.491 e. The first-order chi connectivity index (χ1) is 9.58. The van der Waals surface area contributed by atoms with Crippen molar-refractivity contribution in [3.05, 3.63) is 11.3 Å². The highest BCUT2D eigenvalue weighted by Crippen LogP contribution is 2.46. The number of aliphatic hydroxyl groups is 2. The number of ketones is 1. The lowest BCUT2D eigenvalue weighted by atomic mass is 9.77. The molecule has 0 amide bonds. The monoisotopic (exact) mass is 296 g/mol. The maximum atomic E-state index is 12.3. The van der Waals surface area contributed by atoms with Crippen LogP contribution in [0.2, 0.25) is 0 Å². The molecule has 0 spiro atoms. The topological polar surface area (TPSA) is 76.0 Å². The molecular formula is C16H24O5. The van der Waals surface area contributed by atoms with E-state index in [1.54, 1.807) is 13.8 Å². The van der Waals surface area contributed by atoms with Crippen molar-refractivity contribution >= 4 is 5.78 Å². The quantitative estimate of drug-likeness (QED) is 0.763. The molecule has 4 atom stereocenters. The van der Waals surface area contributed by atoms with Gasteiger partial charge in [0.15, 0.2) is 5.78 Å². The van der Waals surface area contributed by atoms with Gasteiger partial charge in [-0.1, -0.05) is 0 Å². The standard InChI is InChI=1S/C16H24O5/c1-15(2)7-9(17)12-10(21-15)5-8-6-11(16(3,4)19)20-14(8)13(12)18/h8,11,13-14,18-19H,5-7H2,1-4H3/t8-,11-,13-,14-/m0/s1. The van der Waals surface area contributed by atoms with Gasteiger partial charge in [0.1, 0.15) is 17.5 Å². The molecule has 0 aromatic rings. The fraction of sp³-hybridized carbons (Fsp3) is 0.812. The predicted molar refractivity (Wildman–Crippen MR) is 75.5 cm³/mol. The number of hydrogen-bond acceptors (Lipinski definition) is 5. The molecule has 5 nitrogen and oxygen atoms in total. The van der Waals surface area contributed by atoms with Crippen molar-refractivity contribution in [1.82, 2.24) is 0 Å². The summed E-state index contributed by atoms with van der Waals surface area (Å²) >= 11 is 0. The third kappa shape index (κ3) is 2.51. The average molecular weight is 296 g/mol. The van der Waals surface area contributed by atoms with Crippen LogP contribution >= 0.6 is 0 Å². The lowest BCUT2D eigenvalue weighted by Crippen LogP contribution is -2.46. The minimum atomic E-state index is -0.957. The fourth-order valence-electron chi connectivity index (χ4n) is 3.70. The van der Waals surface area contributed by atoms with Gasteiger partial charge >= 0.3 is 0 Å². The number of aliphatic hydroxyl groups excluding tert-OH is 1. The maximum Gasteiger partial charge on any atom is 0.168 e. The van der Waals surface area contributed by atoms with Crippen LogP contribution < -0.4 is 0 Å². The number of ether oxygens (including phenoxy) is 2. The largest absolute Gasteiger partial charge is 0.491 e. The summed E-state index contributed by atoms with van der Waals surface area (Å²) in [6.07, 6.45) is -0.163. The first-order valence-corrected chi connectivity index (χ1v) is 7.60. The van der Waals surface area contributed by atoms with Crippen molar-refractivity contribution in [3.8, 4) is 0 Å². The highest BCUT2D eigenvalue weighted by Gasteiger charge is 2.52. The molecule has 3 rings (SSSR count). The van der Waals surface area contributed by atoms with E-state index in [0.29, 0.717) is 24.2 Å². The molecule has 2 aliphatic heterocycles. The Morgan fingerprint density at radius 1 is 1.33 bits per heavy atom. The molecule has 0 radical (unpaired) electrons. The second kappa shape index (κ2) is 4.54. The van der Waals surface area contributed by atoms with Gasteiger partial charge in [0.05, 0.1) is 29.8 Å². The van der Waals surface area contributed by atoms with Crippen LogP contribution in [0.5, 0.6) is 0 Å². The van der Waals surface area contributed by atoms with Crippen molar-refractivity contribution in [3.63, 3.8) is 0 Å². The molecule has 118 valence electrons. The molecule has 5 heteroatoms. The zero-order chi connectivity index (χ0) is 15.6. The van der Waals surface area contributed by atoms with E-state index in [2.05, 4.69) is 0 Å². The number of carbonyl (C=O) groups is 1. The molecule has 3 aliphatic rings. The lowest BCUT2D eigenvalue weighted by Gasteiger charge is -2.40. The van der Waals surface area contributed by atoms with E-state index >= 15 is 0 Å². The molecule has 0 bridgehead atoms. The van der Waals surface area contributed by atoms with Crippen LogP contribution in [0.3, 0.4) is 0 Å². The average Bonchev–Trinajstić information content (AvgIpc) is 2.70. The van der Waals surface area contributed by atoms with Gasteiger partial charge in [-0.2, -0.15) is 0 Å². The van der Waals surface area contributed by atoms with E-state index in [1.165, 1.54) is 0 Å². The molecular weight excluding hydrogens is 272 g/mol. The molecule has 1 aliphatic carbocycles. The SMILES string of the molecule is CC1(C)CC(=O)C2=C(C[C@H]3C[C@@H](C(C)(C)O)O[C@@H]3[C@H]2O)O1. The zero-order valence-corrected chi connectivity index (χ0v) is 13.0. The van der Waals surface area contributed by atoms with Gasteiger partial charge in [0.25, 0.3) is 0 Å². The Hall–Kier alpha value is -0.910. The van der Waals surface area contributed by atoms with Crippen molar-refractivity contribution in [2.45, 2.75) is 76.5 Å². The van der Waals surface area contributed by atoms with Crippen molar-refractivity contribution in [1.29, 1.82) is 0 Å². The third-order valence-corrected chi connectivity index (χ3v) is 4.73. The van der Waals surface area contributed by atoms with Crippen LogP contribution in [0.25, 0.3) is 0 Å². The highest BCUT2D eigenvalue weighted by atomic mass is 16.5. The number of hydrogen-bond donors (Lipinski definition) is 2. The summed E-state index contributed by atoms with van der Waals surface area (Å²) in [7, 11) is 0. The van der Waals surface area contributed by atoms with Crippen LogP contribution in [0.4, 0.5) is 0 Å². The molecule has 1 saturated heterocycles. The lowest BCUT2D eigenvalue weighted by molar-refractivity contribution is -0.134. The van der Waals surface area contributed by atoms with Gasteiger partial charge in [-0.05, 0) is 40.0 Å². The van der Waals surface area contributed by atoms with Gasteiger partial charge in [0, 0.05) is 6.42 Å². The molecule has 2 N–H and O–H groups in total. The minimum absolute atomic E-state index is 0.0532. The smallest absolute Gasteiger partial charge is 0.168 e. The van der Waals surface area contributed by atoms with Crippen LogP contribution in [-0.4, -0.2) is 45.5 Å². The summed E-state index contributed by atoms with van der Waals surface area (Å²) in [4.78, 5) is 12.3. The summed E-state index contributed by atoms with van der Waals surface area (Å²) in [6, 6.07) is 0. The van der Waals surface area contributed by atoms with Crippen LogP contribution in [0.15, 0.2) is 11.3 Å². The number of carbonyl (C=O) groups excluding carboxylic acids is 1. The van der Waals surface area contributed by atoms with Crippen molar-refractivity contribution < 1.29 is 24.5 Å². The number of allylic oxidation sites excluding steroid dienone is 1. The van der Waals surface area contributed by atoms with E-state index in [-0.39, 0.29) is 24.2 Å². The Balaban J connectivity index is 1.88. The van der Waals surface area contributed by atoms with Crippen molar-refractivity contribution in [2.75, 3.05) is 0 Å². The summed E-state index contributed by atoms with van der Waals surface area (Å²) < 4.78 is 11.8. The Morgan fingerprint density at radius 2 is 2.00 bits per heavy atom. The molecule has 1 fully saturated rings. The molecule has 0 saturated carbocycles. The summed E-state index contributed by atoms with van der Waals surface area (Å²) in [5, 5.41) is 20.7. The second-order valence-electron chi connectivity index (χ2n) is 7.69. The summed E-state index contributed by atoms with van der Waals surface area (Å²) in [6.45, 7) is 7.19. The fourth-order valence-corrected chi connectivity index (χ4v) is 3.70. The van der Waals surface area contributed by atoms with Crippen molar-refractivity contribution in [2.24, 2.45) is 5.92 Å². The van der Waals surface area contributed by atoms with Gasteiger partial charge in [-0.15, -0.1) is 0 Å². The van der Waals surface area contributed by atoms with E-state index in [9.17, 15) is 15.0 Å². The molecule has 21 heavy (non-hydrogen) atoms. The molecule has 0 unspecified atom stereocenters. The Morgan fingerprint density at radius 3 is 2.62 bits per heavy atom. The van der Waals surface area contributed by atoms with Gasteiger partial charge in [0.2, 0.25) is 0 Å². The zero-order valence-electron chi connectivity index (χ0n) is 13.0. The third-order valence-electron chi connectivity index (χ3n) is 4.73. The van der Waals surface area contributed by atoms with Gasteiger partial charge < -0.3 is 19.7 Å². The number of fused-ring (bicyclic) bond motifs is 1. The van der Waals surface area contributed by atoms with Gasteiger partial charge in [-0.25, -0.2) is 0 Å². The van der Waals surface area contributed by atoms with E-state index < -0.39 is 23.4 Å². The number of Topliss-reactive ketones (excluding diaryl/α,β-unsaturated/α-hetero) is 1. The normalized spacial score (nSPS) is 38.9. The predicted octanol–water partition coefficient (Wildman–Crippen LogP) is 1.32. The highest BCUT2D eigenvalue weighted by molar-refractivity contribution is 5.98. The summed E-state index contributed by atoms with van der Waals surface area (Å²) in [5.41, 5.74) is -1.09. The first-order valence-electron chi connectivity index (χ1n) is 7.60. The van der Waals surface area contributed by atoms with E-state index in [1.807, 2.05) is 13.8 Å². The Bertz CT molecular complexity index is 499. The second-order valence-corrected chi connectivity index (χ2v) is 7.69. The first kappa shape index (κ1) is 15.0. The Labute approximate surface area is 124 Å². The van der Waals surface area contributed by atoms with Crippen LogP contribution in [-0.2, 0) is 14.3 Å². The van der Waals surface area contributed by atoms with E-state index in [0.717, 1.165) is 0 Å². The molecule has 0 aromatic carbocycles. The van der Waals surface area contributed by atoms with Gasteiger partial charge in [-0.3, -0.25) is 4.79 Å². The molecule has 2 heterocycles. The molecule has 0 aromatic heterocycles.